The average molecular weight is 406 g/mol. The first-order valence-corrected chi connectivity index (χ1v) is 9.91. The number of aromatic nitrogens is 2. The molecule has 2 heterocycles. The van der Waals surface area contributed by atoms with Crippen LogP contribution in [0.25, 0.3) is 11.1 Å². The van der Waals surface area contributed by atoms with E-state index in [1.807, 2.05) is 29.2 Å². The molecule has 1 aliphatic heterocycles. The van der Waals surface area contributed by atoms with Crippen LogP contribution in [0.3, 0.4) is 0 Å². The highest BCUT2D eigenvalue weighted by Crippen LogP contribution is 2.27. The van der Waals surface area contributed by atoms with E-state index in [1.165, 1.54) is 12.1 Å². The molecule has 1 N–H and O–H groups in total. The van der Waals surface area contributed by atoms with Crippen molar-refractivity contribution in [2.75, 3.05) is 30.4 Å². The Bertz CT molecular complexity index is 1010. The second-order valence-electron chi connectivity index (χ2n) is 7.25. The Balaban J connectivity index is 1.43. The van der Waals surface area contributed by atoms with Crippen LogP contribution in [-0.4, -0.2) is 36.1 Å². The van der Waals surface area contributed by atoms with Gasteiger partial charge in [0.15, 0.2) is 0 Å². The van der Waals surface area contributed by atoms with Gasteiger partial charge in [-0.3, -0.25) is 4.79 Å². The van der Waals surface area contributed by atoms with Crippen molar-refractivity contribution >= 4 is 17.5 Å². The second kappa shape index (κ2) is 8.90. The van der Waals surface area contributed by atoms with E-state index in [-0.39, 0.29) is 17.6 Å². The number of methoxy groups -OCH3 is 1. The fourth-order valence-electron chi connectivity index (χ4n) is 3.63. The highest BCUT2D eigenvalue weighted by Gasteiger charge is 2.27. The van der Waals surface area contributed by atoms with Crippen LogP contribution in [0.1, 0.15) is 12.8 Å². The van der Waals surface area contributed by atoms with Gasteiger partial charge in [-0.15, -0.1) is 0 Å². The number of hydrogen-bond donors (Lipinski definition) is 1. The number of nitrogens with zero attached hydrogens (tertiary/aromatic N) is 3. The van der Waals surface area contributed by atoms with Crippen molar-refractivity contribution in [2.24, 2.45) is 5.92 Å². The second-order valence-corrected chi connectivity index (χ2v) is 7.25. The molecule has 1 fully saturated rings. The molecule has 6 nitrogen and oxygen atoms in total. The third-order valence-corrected chi connectivity index (χ3v) is 5.26. The number of piperidine rings is 1. The zero-order valence-electron chi connectivity index (χ0n) is 16.7. The van der Waals surface area contributed by atoms with Crippen molar-refractivity contribution in [3.63, 3.8) is 0 Å². The summed E-state index contributed by atoms with van der Waals surface area (Å²) in [7, 11) is 1.58. The molecule has 1 aromatic heterocycles. The first-order valence-electron chi connectivity index (χ1n) is 9.91. The Morgan fingerprint density at radius 1 is 1.10 bits per heavy atom. The number of ether oxygens (including phenoxy) is 1. The number of amides is 1. The number of carbonyl (C=O) groups is 1. The Labute approximate surface area is 174 Å². The fraction of sp³-hybridized carbons (Fsp3) is 0.261. The van der Waals surface area contributed by atoms with Gasteiger partial charge in [-0.2, -0.15) is 0 Å². The molecular weight excluding hydrogens is 383 g/mol. The summed E-state index contributed by atoms with van der Waals surface area (Å²) in [6, 6.07) is 13.6. The summed E-state index contributed by atoms with van der Waals surface area (Å²) < 4.78 is 18.4. The SMILES string of the molecule is COc1ccccc1NC(=O)[C@H]1CCCN(c2ncc(-c3ccc(F)cc3)cn2)C1. The standard InChI is InChI=1S/C23H23FN4O2/c1-30-21-7-3-2-6-20(21)27-22(29)17-5-4-12-28(15-17)23-25-13-18(14-26-23)16-8-10-19(24)11-9-16/h2-3,6-11,13-14,17H,4-5,12,15H2,1H3,(H,27,29)/t17-/m0/s1. The van der Waals surface area contributed by atoms with Crippen LogP contribution in [0.4, 0.5) is 16.0 Å². The Hall–Kier alpha value is -3.48. The lowest BCUT2D eigenvalue weighted by Crippen LogP contribution is -2.41. The quantitative estimate of drug-likeness (QED) is 0.690. The van der Waals surface area contributed by atoms with Gasteiger partial charge in [0.1, 0.15) is 11.6 Å². The molecule has 0 unspecified atom stereocenters. The molecule has 7 heteroatoms. The van der Waals surface area contributed by atoms with Crippen molar-refractivity contribution in [3.8, 4) is 16.9 Å². The summed E-state index contributed by atoms with van der Waals surface area (Å²) in [4.78, 5) is 23.8. The van der Waals surface area contributed by atoms with Crippen molar-refractivity contribution in [1.29, 1.82) is 0 Å². The van der Waals surface area contributed by atoms with Gasteiger partial charge < -0.3 is 15.0 Å². The molecule has 1 atom stereocenters. The maximum absolute atomic E-state index is 13.1. The molecule has 0 bridgehead atoms. The van der Waals surface area contributed by atoms with E-state index < -0.39 is 0 Å². The first-order chi connectivity index (χ1) is 14.6. The molecule has 0 spiro atoms. The average Bonchev–Trinajstić information content (AvgIpc) is 2.80. The number of nitrogens with one attached hydrogen (secondary N) is 1. The number of hydrogen-bond acceptors (Lipinski definition) is 5. The Morgan fingerprint density at radius 2 is 1.83 bits per heavy atom. The van der Waals surface area contributed by atoms with Crippen molar-refractivity contribution in [3.05, 3.63) is 66.7 Å². The van der Waals surface area contributed by atoms with E-state index in [4.69, 9.17) is 4.74 Å². The molecule has 3 aromatic rings. The van der Waals surface area contributed by atoms with Gasteiger partial charge in [0.2, 0.25) is 11.9 Å². The predicted molar refractivity (Wildman–Crippen MR) is 114 cm³/mol. The van der Waals surface area contributed by atoms with Gasteiger partial charge >= 0.3 is 0 Å². The minimum atomic E-state index is -0.276. The number of anilines is 2. The number of benzene rings is 2. The molecule has 1 saturated heterocycles. The number of halogens is 1. The zero-order valence-corrected chi connectivity index (χ0v) is 16.7. The smallest absolute Gasteiger partial charge is 0.229 e. The maximum Gasteiger partial charge on any atom is 0.229 e. The highest BCUT2D eigenvalue weighted by atomic mass is 19.1. The number of carbonyl (C=O) groups excluding carboxylic acids is 1. The van der Waals surface area contributed by atoms with Gasteiger partial charge in [-0.05, 0) is 42.7 Å². The van der Waals surface area contributed by atoms with Gasteiger partial charge in [-0.1, -0.05) is 24.3 Å². The summed E-state index contributed by atoms with van der Waals surface area (Å²) in [6.07, 6.45) is 5.15. The van der Waals surface area contributed by atoms with E-state index >= 15 is 0 Å². The summed E-state index contributed by atoms with van der Waals surface area (Å²) in [5, 5.41) is 2.98. The van der Waals surface area contributed by atoms with Crippen LogP contribution in [0.5, 0.6) is 5.75 Å². The van der Waals surface area contributed by atoms with Crippen LogP contribution in [-0.2, 0) is 4.79 Å². The van der Waals surface area contributed by atoms with Gasteiger partial charge in [-0.25, -0.2) is 14.4 Å². The van der Waals surface area contributed by atoms with Crippen molar-refractivity contribution < 1.29 is 13.9 Å². The topological polar surface area (TPSA) is 67.3 Å². The summed E-state index contributed by atoms with van der Waals surface area (Å²) >= 11 is 0. The molecule has 0 radical (unpaired) electrons. The molecule has 30 heavy (non-hydrogen) atoms. The lowest BCUT2D eigenvalue weighted by Gasteiger charge is -2.32. The van der Waals surface area contributed by atoms with E-state index in [2.05, 4.69) is 15.3 Å². The van der Waals surface area contributed by atoms with Crippen LogP contribution < -0.4 is 15.0 Å². The minimum Gasteiger partial charge on any atom is -0.495 e. The minimum absolute atomic E-state index is 0.0351. The molecular formula is C23H23FN4O2. The predicted octanol–water partition coefficient (Wildman–Crippen LogP) is 4.15. The highest BCUT2D eigenvalue weighted by molar-refractivity contribution is 5.94. The van der Waals surface area contributed by atoms with E-state index in [0.29, 0.717) is 23.9 Å². The third kappa shape index (κ3) is 4.40. The van der Waals surface area contributed by atoms with E-state index in [9.17, 15) is 9.18 Å². The van der Waals surface area contributed by atoms with Crippen LogP contribution in [0.15, 0.2) is 60.9 Å². The van der Waals surface area contributed by atoms with Crippen molar-refractivity contribution in [1.82, 2.24) is 9.97 Å². The van der Waals surface area contributed by atoms with Gasteiger partial charge in [0.25, 0.3) is 0 Å². The van der Waals surface area contributed by atoms with Gasteiger partial charge in [0.05, 0.1) is 18.7 Å². The maximum atomic E-state index is 13.1. The monoisotopic (exact) mass is 406 g/mol. The number of para-hydroxylation sites is 2. The Kier molecular flexibility index (Phi) is 5.88. The van der Waals surface area contributed by atoms with Crippen molar-refractivity contribution in [2.45, 2.75) is 12.8 Å². The molecule has 154 valence electrons. The molecule has 4 rings (SSSR count). The van der Waals surface area contributed by atoms with E-state index in [0.717, 1.165) is 30.5 Å². The van der Waals surface area contributed by atoms with Gasteiger partial charge in [0, 0.05) is 31.0 Å². The largest absolute Gasteiger partial charge is 0.495 e. The summed E-state index contributed by atoms with van der Waals surface area (Å²) in [6.45, 7) is 1.35. The van der Waals surface area contributed by atoms with Crippen LogP contribution in [0, 0.1) is 11.7 Å². The normalized spacial score (nSPS) is 16.2. The lowest BCUT2D eigenvalue weighted by molar-refractivity contribution is -0.120. The fourth-order valence-corrected chi connectivity index (χ4v) is 3.63. The molecule has 1 amide bonds. The van der Waals surface area contributed by atoms with Crippen LogP contribution in [0.2, 0.25) is 0 Å². The summed E-state index contributed by atoms with van der Waals surface area (Å²) in [5.74, 6) is 0.757. The number of rotatable bonds is 5. The Morgan fingerprint density at radius 3 is 2.57 bits per heavy atom. The summed E-state index contributed by atoms with van der Waals surface area (Å²) in [5.41, 5.74) is 2.35. The van der Waals surface area contributed by atoms with E-state index in [1.54, 1.807) is 31.6 Å². The molecule has 0 aliphatic carbocycles. The molecule has 2 aromatic carbocycles. The lowest BCUT2D eigenvalue weighted by atomic mass is 9.97. The zero-order chi connectivity index (χ0) is 20.9. The first kappa shape index (κ1) is 19.8. The molecule has 1 aliphatic rings. The molecule has 0 saturated carbocycles. The third-order valence-electron chi connectivity index (χ3n) is 5.26. The van der Waals surface area contributed by atoms with Crippen LogP contribution >= 0.6 is 0 Å².